The molecule has 0 saturated carbocycles. The standard InChI is InChI=1S/C14H12N2O5/c17-7-15-10-3-1-8(5-12(10)19)14(21)16-9-2-4-11(18)13(20)6-9/h1-7,18-20H,(H,15,17)(H,16,21). The van der Waals surface area contributed by atoms with Gasteiger partial charge in [-0.15, -0.1) is 0 Å². The summed E-state index contributed by atoms with van der Waals surface area (Å²) in [5.41, 5.74) is 0.630. The number of carbonyl (C=O) groups excluding carboxylic acids is 2. The van der Waals surface area contributed by atoms with Gasteiger partial charge in [0, 0.05) is 17.3 Å². The van der Waals surface area contributed by atoms with Crippen molar-refractivity contribution < 1.29 is 24.9 Å². The average Bonchev–Trinajstić information content (AvgIpc) is 2.45. The molecule has 0 aliphatic carbocycles. The summed E-state index contributed by atoms with van der Waals surface area (Å²) < 4.78 is 0. The molecule has 0 bridgehead atoms. The van der Waals surface area contributed by atoms with Crippen LogP contribution >= 0.6 is 0 Å². The van der Waals surface area contributed by atoms with Crippen LogP contribution < -0.4 is 10.6 Å². The first-order valence-corrected chi connectivity index (χ1v) is 5.88. The first kappa shape index (κ1) is 14.2. The highest BCUT2D eigenvalue weighted by Crippen LogP contribution is 2.28. The second-order valence-corrected chi connectivity index (χ2v) is 4.15. The third kappa shape index (κ3) is 3.21. The Balaban J connectivity index is 2.18. The molecule has 0 radical (unpaired) electrons. The van der Waals surface area contributed by atoms with Crippen LogP contribution in [-0.4, -0.2) is 27.6 Å². The molecule has 0 aliphatic heterocycles. The van der Waals surface area contributed by atoms with Gasteiger partial charge in [0.05, 0.1) is 5.69 Å². The van der Waals surface area contributed by atoms with Crippen LogP contribution in [0.1, 0.15) is 10.4 Å². The molecule has 0 aromatic heterocycles. The van der Waals surface area contributed by atoms with E-state index in [0.29, 0.717) is 6.41 Å². The highest BCUT2D eigenvalue weighted by atomic mass is 16.3. The zero-order valence-corrected chi connectivity index (χ0v) is 10.7. The molecular weight excluding hydrogens is 276 g/mol. The number of phenolic OH excluding ortho intramolecular Hbond substituents is 3. The summed E-state index contributed by atoms with van der Waals surface area (Å²) >= 11 is 0. The van der Waals surface area contributed by atoms with E-state index in [4.69, 9.17) is 0 Å². The van der Waals surface area contributed by atoms with E-state index in [1.54, 1.807) is 0 Å². The van der Waals surface area contributed by atoms with Gasteiger partial charge in [-0.1, -0.05) is 0 Å². The Morgan fingerprint density at radius 3 is 2.33 bits per heavy atom. The van der Waals surface area contributed by atoms with E-state index in [1.165, 1.54) is 36.4 Å². The van der Waals surface area contributed by atoms with Gasteiger partial charge in [0.15, 0.2) is 11.5 Å². The van der Waals surface area contributed by atoms with Crippen molar-refractivity contribution >= 4 is 23.7 Å². The SMILES string of the molecule is O=CNc1ccc(C(=O)Nc2ccc(O)c(O)c2)cc1O. The number of rotatable bonds is 4. The summed E-state index contributed by atoms with van der Waals surface area (Å²) in [7, 11) is 0. The molecule has 2 aromatic rings. The molecule has 0 atom stereocenters. The lowest BCUT2D eigenvalue weighted by Crippen LogP contribution is -2.11. The molecule has 2 aromatic carbocycles. The normalized spacial score (nSPS) is 9.90. The fourth-order valence-electron chi connectivity index (χ4n) is 1.66. The Bertz CT molecular complexity index is 700. The van der Waals surface area contributed by atoms with Gasteiger partial charge < -0.3 is 26.0 Å². The molecule has 0 fully saturated rings. The number of anilines is 2. The number of phenols is 3. The van der Waals surface area contributed by atoms with Gasteiger partial charge in [0.25, 0.3) is 5.91 Å². The van der Waals surface area contributed by atoms with Crippen LogP contribution in [0.15, 0.2) is 36.4 Å². The maximum atomic E-state index is 12.0. The molecule has 108 valence electrons. The van der Waals surface area contributed by atoms with Crippen molar-refractivity contribution in [2.45, 2.75) is 0 Å². The molecule has 0 aliphatic rings. The predicted molar refractivity (Wildman–Crippen MR) is 75.5 cm³/mol. The van der Waals surface area contributed by atoms with E-state index in [1.807, 2.05) is 0 Å². The van der Waals surface area contributed by atoms with Crippen LogP contribution in [0.3, 0.4) is 0 Å². The van der Waals surface area contributed by atoms with Gasteiger partial charge in [-0.3, -0.25) is 9.59 Å². The summed E-state index contributed by atoms with van der Waals surface area (Å²) in [6.45, 7) is 0. The lowest BCUT2D eigenvalue weighted by Gasteiger charge is -2.08. The highest BCUT2D eigenvalue weighted by molar-refractivity contribution is 6.05. The summed E-state index contributed by atoms with van der Waals surface area (Å²) in [5.74, 6) is -1.42. The number of amides is 2. The van der Waals surface area contributed by atoms with E-state index in [0.717, 1.165) is 0 Å². The van der Waals surface area contributed by atoms with Crippen molar-refractivity contribution in [1.29, 1.82) is 0 Å². The number of aromatic hydroxyl groups is 3. The lowest BCUT2D eigenvalue weighted by molar-refractivity contribution is -0.105. The lowest BCUT2D eigenvalue weighted by atomic mass is 10.1. The van der Waals surface area contributed by atoms with Gasteiger partial charge in [-0.2, -0.15) is 0 Å². The second kappa shape index (κ2) is 5.83. The third-order valence-corrected chi connectivity index (χ3v) is 2.71. The van der Waals surface area contributed by atoms with Gasteiger partial charge in [-0.05, 0) is 30.3 Å². The van der Waals surface area contributed by atoms with Gasteiger partial charge in [-0.25, -0.2) is 0 Å². The van der Waals surface area contributed by atoms with Crippen LogP contribution in [0.25, 0.3) is 0 Å². The second-order valence-electron chi connectivity index (χ2n) is 4.15. The number of nitrogens with one attached hydrogen (secondary N) is 2. The van der Waals surface area contributed by atoms with E-state index in [9.17, 15) is 24.9 Å². The first-order chi connectivity index (χ1) is 10.0. The van der Waals surface area contributed by atoms with E-state index < -0.39 is 5.91 Å². The number of carbonyl (C=O) groups is 2. The summed E-state index contributed by atoms with van der Waals surface area (Å²) in [4.78, 5) is 22.3. The monoisotopic (exact) mass is 288 g/mol. The van der Waals surface area contributed by atoms with E-state index in [-0.39, 0.29) is 34.2 Å². The quantitative estimate of drug-likeness (QED) is 0.333. The molecule has 5 N–H and O–H groups in total. The highest BCUT2D eigenvalue weighted by Gasteiger charge is 2.10. The van der Waals surface area contributed by atoms with Gasteiger partial charge in [0.1, 0.15) is 5.75 Å². The van der Waals surface area contributed by atoms with Gasteiger partial charge >= 0.3 is 0 Å². The van der Waals surface area contributed by atoms with Crippen LogP contribution in [-0.2, 0) is 4.79 Å². The van der Waals surface area contributed by atoms with Crippen LogP contribution in [0, 0.1) is 0 Å². The minimum Gasteiger partial charge on any atom is -0.506 e. The molecule has 0 heterocycles. The molecule has 0 spiro atoms. The minimum atomic E-state index is -0.520. The van der Waals surface area contributed by atoms with Crippen molar-refractivity contribution in [3.8, 4) is 17.2 Å². The molecule has 0 unspecified atom stereocenters. The third-order valence-electron chi connectivity index (χ3n) is 2.71. The Labute approximate surface area is 119 Å². The molecule has 7 heteroatoms. The molecule has 21 heavy (non-hydrogen) atoms. The minimum absolute atomic E-state index is 0.163. The Morgan fingerprint density at radius 1 is 0.952 bits per heavy atom. The zero-order valence-electron chi connectivity index (χ0n) is 10.7. The Hall–Kier alpha value is -3.22. The smallest absolute Gasteiger partial charge is 0.255 e. The maximum absolute atomic E-state index is 12.0. The van der Waals surface area contributed by atoms with Gasteiger partial charge in [0.2, 0.25) is 6.41 Å². The largest absolute Gasteiger partial charge is 0.506 e. The maximum Gasteiger partial charge on any atom is 0.255 e. The summed E-state index contributed by atoms with van der Waals surface area (Å²) in [6, 6.07) is 7.83. The molecular formula is C14H12N2O5. The first-order valence-electron chi connectivity index (χ1n) is 5.88. The van der Waals surface area contributed by atoms with Crippen molar-refractivity contribution in [3.05, 3.63) is 42.0 Å². The van der Waals surface area contributed by atoms with Crippen molar-refractivity contribution in [2.75, 3.05) is 10.6 Å². The fraction of sp³-hybridized carbons (Fsp3) is 0. The topological polar surface area (TPSA) is 119 Å². The van der Waals surface area contributed by atoms with Crippen molar-refractivity contribution in [2.24, 2.45) is 0 Å². The number of benzene rings is 2. The average molecular weight is 288 g/mol. The molecule has 7 nitrogen and oxygen atoms in total. The van der Waals surface area contributed by atoms with E-state index in [2.05, 4.69) is 10.6 Å². The van der Waals surface area contributed by atoms with Crippen LogP contribution in [0.2, 0.25) is 0 Å². The number of hydrogen-bond acceptors (Lipinski definition) is 5. The Morgan fingerprint density at radius 2 is 1.71 bits per heavy atom. The van der Waals surface area contributed by atoms with Crippen LogP contribution in [0.5, 0.6) is 17.2 Å². The molecule has 2 amide bonds. The fourth-order valence-corrected chi connectivity index (χ4v) is 1.66. The molecule has 2 rings (SSSR count). The summed E-state index contributed by atoms with van der Waals surface area (Å²) in [5, 5.41) is 32.9. The van der Waals surface area contributed by atoms with Crippen molar-refractivity contribution in [3.63, 3.8) is 0 Å². The predicted octanol–water partition coefficient (Wildman–Crippen LogP) is 1.62. The zero-order chi connectivity index (χ0) is 15.4. The summed E-state index contributed by atoms with van der Waals surface area (Å²) in [6.07, 6.45) is 0.411. The van der Waals surface area contributed by atoms with Crippen molar-refractivity contribution in [1.82, 2.24) is 0 Å². The number of hydrogen-bond donors (Lipinski definition) is 5. The van der Waals surface area contributed by atoms with Crippen LogP contribution in [0.4, 0.5) is 11.4 Å². The van der Waals surface area contributed by atoms with E-state index >= 15 is 0 Å². The molecule has 0 saturated heterocycles. The Kier molecular flexibility index (Phi) is 3.94.